The average molecular weight is 218 g/mol. The lowest BCUT2D eigenvalue weighted by Gasteiger charge is -2.21. The van der Waals surface area contributed by atoms with E-state index in [4.69, 9.17) is 5.73 Å². The molecule has 0 aliphatic heterocycles. The molecule has 0 spiro atoms. The molecule has 0 saturated heterocycles. The zero-order valence-electron chi connectivity index (χ0n) is 9.94. The largest absolute Gasteiger partial charge is 0.330 e. The van der Waals surface area contributed by atoms with Crippen LogP contribution in [0.1, 0.15) is 24.8 Å². The van der Waals surface area contributed by atoms with Gasteiger partial charge in [0.25, 0.3) is 0 Å². The van der Waals surface area contributed by atoms with Crippen LogP contribution in [0, 0.1) is 0 Å². The SMILES string of the molecule is NCCCN(CCc1ccccc1)C1CC1. The molecule has 1 aromatic carbocycles. The van der Waals surface area contributed by atoms with E-state index in [9.17, 15) is 0 Å². The number of hydrogen-bond acceptors (Lipinski definition) is 2. The second kappa shape index (κ2) is 6.02. The first-order valence-corrected chi connectivity index (χ1v) is 6.38. The molecule has 2 heteroatoms. The van der Waals surface area contributed by atoms with Crippen molar-refractivity contribution in [1.29, 1.82) is 0 Å². The molecule has 1 fully saturated rings. The van der Waals surface area contributed by atoms with Gasteiger partial charge in [0.2, 0.25) is 0 Å². The van der Waals surface area contributed by atoms with Crippen molar-refractivity contribution in [2.45, 2.75) is 31.7 Å². The van der Waals surface area contributed by atoms with Crippen LogP contribution in [-0.2, 0) is 6.42 Å². The molecule has 1 saturated carbocycles. The van der Waals surface area contributed by atoms with Gasteiger partial charge in [0.1, 0.15) is 0 Å². The Morgan fingerprint density at radius 2 is 1.88 bits per heavy atom. The van der Waals surface area contributed by atoms with Crippen LogP contribution < -0.4 is 5.73 Å². The van der Waals surface area contributed by atoms with Gasteiger partial charge >= 0.3 is 0 Å². The maximum Gasteiger partial charge on any atom is 0.00965 e. The van der Waals surface area contributed by atoms with Crippen LogP contribution in [0.2, 0.25) is 0 Å². The minimum Gasteiger partial charge on any atom is -0.330 e. The highest BCUT2D eigenvalue weighted by atomic mass is 15.2. The third-order valence-electron chi connectivity index (χ3n) is 3.24. The van der Waals surface area contributed by atoms with Crippen LogP contribution in [0.4, 0.5) is 0 Å². The van der Waals surface area contributed by atoms with E-state index in [1.165, 1.54) is 37.9 Å². The average Bonchev–Trinajstić information content (AvgIpc) is 3.15. The van der Waals surface area contributed by atoms with E-state index in [1.807, 2.05) is 0 Å². The fraction of sp³-hybridized carbons (Fsp3) is 0.571. The van der Waals surface area contributed by atoms with Gasteiger partial charge in [-0.05, 0) is 44.3 Å². The van der Waals surface area contributed by atoms with Crippen molar-refractivity contribution in [3.63, 3.8) is 0 Å². The summed E-state index contributed by atoms with van der Waals surface area (Å²) in [5.41, 5.74) is 7.02. The second-order valence-corrected chi connectivity index (χ2v) is 4.64. The van der Waals surface area contributed by atoms with Crippen LogP contribution in [-0.4, -0.2) is 30.6 Å². The third kappa shape index (κ3) is 3.62. The Morgan fingerprint density at radius 1 is 1.12 bits per heavy atom. The van der Waals surface area contributed by atoms with Crippen LogP contribution in [0.5, 0.6) is 0 Å². The third-order valence-corrected chi connectivity index (χ3v) is 3.24. The molecule has 1 aliphatic rings. The lowest BCUT2D eigenvalue weighted by Crippen LogP contribution is -2.30. The summed E-state index contributed by atoms with van der Waals surface area (Å²) in [5, 5.41) is 0. The second-order valence-electron chi connectivity index (χ2n) is 4.64. The lowest BCUT2D eigenvalue weighted by molar-refractivity contribution is 0.265. The summed E-state index contributed by atoms with van der Waals surface area (Å²) in [6, 6.07) is 11.6. The van der Waals surface area contributed by atoms with Gasteiger partial charge in [-0.3, -0.25) is 0 Å². The zero-order valence-corrected chi connectivity index (χ0v) is 9.94. The first-order chi connectivity index (χ1) is 7.90. The van der Waals surface area contributed by atoms with Gasteiger partial charge in [0.15, 0.2) is 0 Å². The summed E-state index contributed by atoms with van der Waals surface area (Å²) >= 11 is 0. The first kappa shape index (κ1) is 11.6. The molecule has 0 bridgehead atoms. The molecule has 0 unspecified atom stereocenters. The molecule has 16 heavy (non-hydrogen) atoms. The Morgan fingerprint density at radius 3 is 2.50 bits per heavy atom. The number of nitrogens with two attached hydrogens (primary N) is 1. The van der Waals surface area contributed by atoms with Crippen molar-refractivity contribution in [2.24, 2.45) is 5.73 Å². The Bertz CT molecular complexity index is 293. The molecule has 0 heterocycles. The molecule has 1 aromatic rings. The highest BCUT2D eigenvalue weighted by Crippen LogP contribution is 2.26. The van der Waals surface area contributed by atoms with E-state index < -0.39 is 0 Å². The molecular formula is C14H22N2. The number of hydrogen-bond donors (Lipinski definition) is 1. The molecule has 2 nitrogen and oxygen atoms in total. The predicted molar refractivity (Wildman–Crippen MR) is 68.4 cm³/mol. The molecule has 0 radical (unpaired) electrons. The molecule has 0 atom stereocenters. The number of nitrogens with zero attached hydrogens (tertiary/aromatic N) is 1. The highest BCUT2D eigenvalue weighted by molar-refractivity contribution is 5.15. The van der Waals surface area contributed by atoms with Crippen molar-refractivity contribution in [3.05, 3.63) is 35.9 Å². The maximum absolute atomic E-state index is 5.58. The Balaban J connectivity index is 1.77. The van der Waals surface area contributed by atoms with Crippen LogP contribution >= 0.6 is 0 Å². The van der Waals surface area contributed by atoms with E-state index in [0.29, 0.717) is 0 Å². The molecular weight excluding hydrogens is 196 g/mol. The fourth-order valence-corrected chi connectivity index (χ4v) is 2.13. The molecule has 0 aromatic heterocycles. The smallest absolute Gasteiger partial charge is 0.00965 e. The highest BCUT2D eigenvalue weighted by Gasteiger charge is 2.27. The number of benzene rings is 1. The van der Waals surface area contributed by atoms with Crippen LogP contribution in [0.25, 0.3) is 0 Å². The van der Waals surface area contributed by atoms with Gasteiger partial charge in [-0.1, -0.05) is 30.3 Å². The van der Waals surface area contributed by atoms with Gasteiger partial charge in [-0.25, -0.2) is 0 Å². The normalized spacial score (nSPS) is 15.6. The van der Waals surface area contributed by atoms with Gasteiger partial charge in [0, 0.05) is 12.6 Å². The Hall–Kier alpha value is -0.860. The van der Waals surface area contributed by atoms with E-state index in [0.717, 1.165) is 19.0 Å². The molecule has 2 rings (SSSR count). The minimum absolute atomic E-state index is 0.814. The van der Waals surface area contributed by atoms with Gasteiger partial charge < -0.3 is 10.6 Å². The summed E-state index contributed by atoms with van der Waals surface area (Å²) in [4.78, 5) is 2.61. The van der Waals surface area contributed by atoms with Gasteiger partial charge in [-0.2, -0.15) is 0 Å². The van der Waals surface area contributed by atoms with Crippen molar-refractivity contribution < 1.29 is 0 Å². The summed E-state index contributed by atoms with van der Waals surface area (Å²) in [6.45, 7) is 3.18. The molecule has 1 aliphatic carbocycles. The monoisotopic (exact) mass is 218 g/mol. The molecule has 2 N–H and O–H groups in total. The van der Waals surface area contributed by atoms with Gasteiger partial charge in [-0.15, -0.1) is 0 Å². The molecule has 88 valence electrons. The summed E-state index contributed by atoms with van der Waals surface area (Å²) in [6.07, 6.45) is 5.08. The van der Waals surface area contributed by atoms with Crippen LogP contribution in [0.15, 0.2) is 30.3 Å². The quantitative estimate of drug-likeness (QED) is 0.759. The van der Waals surface area contributed by atoms with Crippen molar-refractivity contribution >= 4 is 0 Å². The molecule has 0 amide bonds. The van der Waals surface area contributed by atoms with E-state index in [2.05, 4.69) is 35.2 Å². The summed E-state index contributed by atoms with van der Waals surface area (Å²) in [5.74, 6) is 0. The van der Waals surface area contributed by atoms with Crippen molar-refractivity contribution in [2.75, 3.05) is 19.6 Å². The Kier molecular flexibility index (Phi) is 4.37. The number of rotatable bonds is 7. The minimum atomic E-state index is 0.814. The maximum atomic E-state index is 5.58. The zero-order chi connectivity index (χ0) is 11.2. The summed E-state index contributed by atoms with van der Waals surface area (Å²) in [7, 11) is 0. The standard InChI is InChI=1S/C14H22N2/c15-10-4-11-16(14-7-8-14)12-9-13-5-2-1-3-6-13/h1-3,5-6,14H,4,7-12,15H2. The van der Waals surface area contributed by atoms with Gasteiger partial charge in [0.05, 0.1) is 0 Å². The van der Waals surface area contributed by atoms with E-state index in [-0.39, 0.29) is 0 Å². The van der Waals surface area contributed by atoms with E-state index >= 15 is 0 Å². The Labute approximate surface area is 98.4 Å². The van der Waals surface area contributed by atoms with Crippen LogP contribution in [0.3, 0.4) is 0 Å². The topological polar surface area (TPSA) is 29.3 Å². The fourth-order valence-electron chi connectivity index (χ4n) is 2.13. The van der Waals surface area contributed by atoms with Crippen molar-refractivity contribution in [3.8, 4) is 0 Å². The first-order valence-electron chi connectivity index (χ1n) is 6.38. The van der Waals surface area contributed by atoms with E-state index in [1.54, 1.807) is 0 Å². The predicted octanol–water partition coefficient (Wildman–Crippen LogP) is 2.04. The summed E-state index contributed by atoms with van der Waals surface area (Å²) < 4.78 is 0. The lowest BCUT2D eigenvalue weighted by atomic mass is 10.1. The van der Waals surface area contributed by atoms with Crippen molar-refractivity contribution in [1.82, 2.24) is 4.90 Å².